The quantitative estimate of drug-likeness (QED) is 0.878. The fraction of sp³-hybridized carbons (Fsp3) is 0.471. The third-order valence-corrected chi connectivity index (χ3v) is 4.22. The van der Waals surface area contributed by atoms with Crippen molar-refractivity contribution in [1.29, 1.82) is 0 Å². The summed E-state index contributed by atoms with van der Waals surface area (Å²) >= 11 is 0. The van der Waals surface area contributed by atoms with E-state index in [9.17, 15) is 0 Å². The zero-order valence-electron chi connectivity index (χ0n) is 13.0. The Bertz CT molecular complexity index is 630. The van der Waals surface area contributed by atoms with Crippen LogP contribution in [0.1, 0.15) is 37.1 Å². The van der Waals surface area contributed by atoms with Gasteiger partial charge in [-0.3, -0.25) is 0 Å². The number of aryl methyl sites for hydroxylation is 2. The van der Waals surface area contributed by atoms with Gasteiger partial charge in [0, 0.05) is 31.5 Å². The van der Waals surface area contributed by atoms with Crippen molar-refractivity contribution in [2.75, 3.05) is 17.2 Å². The molecule has 4 nitrogen and oxygen atoms in total. The maximum Gasteiger partial charge on any atom is 0.206 e. The number of rotatable bonds is 4. The van der Waals surface area contributed by atoms with E-state index in [1.165, 1.54) is 16.8 Å². The molecule has 0 fully saturated rings. The molecule has 0 bridgehead atoms. The number of hydrogen-bond acceptors (Lipinski definition) is 3. The summed E-state index contributed by atoms with van der Waals surface area (Å²) in [5, 5.41) is 0. The van der Waals surface area contributed by atoms with Gasteiger partial charge < -0.3 is 15.2 Å². The molecule has 0 saturated heterocycles. The molecule has 0 amide bonds. The lowest BCUT2D eigenvalue weighted by Gasteiger charge is -2.30. The van der Waals surface area contributed by atoms with Crippen LogP contribution in [0, 0.1) is 0 Å². The van der Waals surface area contributed by atoms with Crippen molar-refractivity contribution >= 4 is 11.6 Å². The van der Waals surface area contributed by atoms with Crippen LogP contribution in [0.5, 0.6) is 0 Å². The van der Waals surface area contributed by atoms with Gasteiger partial charge in [0.15, 0.2) is 0 Å². The number of nitrogen functional groups attached to an aromatic ring is 1. The first-order valence-corrected chi connectivity index (χ1v) is 7.90. The van der Waals surface area contributed by atoms with Crippen LogP contribution >= 0.6 is 0 Å². The Labute approximate surface area is 126 Å². The smallest absolute Gasteiger partial charge is 0.206 e. The second kappa shape index (κ2) is 5.80. The summed E-state index contributed by atoms with van der Waals surface area (Å²) < 4.78 is 2.30. The molecule has 112 valence electrons. The lowest BCUT2D eigenvalue weighted by molar-refractivity contribution is 0.631. The van der Waals surface area contributed by atoms with Crippen molar-refractivity contribution in [3.63, 3.8) is 0 Å². The van der Waals surface area contributed by atoms with Crippen LogP contribution in [-0.4, -0.2) is 16.1 Å². The summed E-state index contributed by atoms with van der Waals surface area (Å²) in [4.78, 5) is 7.21. The van der Waals surface area contributed by atoms with E-state index in [4.69, 9.17) is 10.7 Å². The molecule has 2 heterocycles. The third kappa shape index (κ3) is 2.62. The summed E-state index contributed by atoms with van der Waals surface area (Å²) in [6.45, 7) is 7.30. The minimum Gasteiger partial charge on any atom is -0.398 e. The van der Waals surface area contributed by atoms with Gasteiger partial charge in [0.25, 0.3) is 0 Å². The van der Waals surface area contributed by atoms with Crippen molar-refractivity contribution < 1.29 is 0 Å². The van der Waals surface area contributed by atoms with E-state index in [0.717, 1.165) is 50.5 Å². The molecular formula is C17H24N4. The number of hydrogen-bond donors (Lipinski definition) is 1. The normalized spacial score (nSPS) is 14.3. The van der Waals surface area contributed by atoms with Gasteiger partial charge in [0.2, 0.25) is 5.95 Å². The number of fused-ring (bicyclic) bond motifs is 1. The molecule has 0 radical (unpaired) electrons. The first-order valence-electron chi connectivity index (χ1n) is 7.90. The molecule has 1 aliphatic heterocycles. The maximum atomic E-state index is 6.09. The Morgan fingerprint density at radius 2 is 2.14 bits per heavy atom. The molecule has 1 aromatic heterocycles. The average molecular weight is 284 g/mol. The predicted molar refractivity (Wildman–Crippen MR) is 87.5 cm³/mol. The number of imidazole rings is 1. The zero-order chi connectivity index (χ0) is 14.8. The Morgan fingerprint density at radius 3 is 2.90 bits per heavy atom. The molecule has 3 rings (SSSR count). The van der Waals surface area contributed by atoms with Crippen molar-refractivity contribution in [3.05, 3.63) is 41.2 Å². The highest BCUT2D eigenvalue weighted by atomic mass is 15.3. The van der Waals surface area contributed by atoms with Crippen LogP contribution < -0.4 is 10.6 Å². The summed E-state index contributed by atoms with van der Waals surface area (Å²) in [6, 6.07) is 6.24. The largest absolute Gasteiger partial charge is 0.398 e. The van der Waals surface area contributed by atoms with Gasteiger partial charge in [-0.05, 0) is 36.5 Å². The van der Waals surface area contributed by atoms with Gasteiger partial charge in [-0.2, -0.15) is 0 Å². The Kier molecular flexibility index (Phi) is 3.86. The number of nitrogens with two attached hydrogens (primary N) is 1. The predicted octanol–water partition coefficient (Wildman–Crippen LogP) is 3.00. The van der Waals surface area contributed by atoms with Crippen LogP contribution in [0.4, 0.5) is 11.6 Å². The van der Waals surface area contributed by atoms with Crippen molar-refractivity contribution in [1.82, 2.24) is 9.55 Å². The molecule has 1 aromatic carbocycles. The summed E-state index contributed by atoms with van der Waals surface area (Å²) in [7, 11) is 0. The van der Waals surface area contributed by atoms with Gasteiger partial charge in [0.1, 0.15) is 0 Å². The van der Waals surface area contributed by atoms with E-state index < -0.39 is 0 Å². The van der Waals surface area contributed by atoms with Gasteiger partial charge >= 0.3 is 0 Å². The fourth-order valence-electron chi connectivity index (χ4n) is 3.10. The van der Waals surface area contributed by atoms with E-state index in [2.05, 4.69) is 35.6 Å². The van der Waals surface area contributed by atoms with Crippen molar-refractivity contribution in [3.8, 4) is 0 Å². The summed E-state index contributed by atoms with van der Waals surface area (Å²) in [5.41, 5.74) is 10.9. The zero-order valence-corrected chi connectivity index (χ0v) is 13.0. The molecule has 0 spiro atoms. The van der Waals surface area contributed by atoms with Gasteiger partial charge in [0.05, 0.1) is 5.69 Å². The van der Waals surface area contributed by atoms with Crippen molar-refractivity contribution in [2.24, 2.45) is 0 Å². The lowest BCUT2D eigenvalue weighted by atomic mass is 9.98. The molecule has 0 saturated carbocycles. The van der Waals surface area contributed by atoms with Gasteiger partial charge in [-0.25, -0.2) is 4.98 Å². The van der Waals surface area contributed by atoms with Crippen LogP contribution in [0.15, 0.2) is 24.4 Å². The van der Waals surface area contributed by atoms with E-state index in [1.54, 1.807) is 0 Å². The van der Waals surface area contributed by atoms with Crippen LogP contribution in [0.2, 0.25) is 0 Å². The molecular weight excluding hydrogens is 260 g/mol. The number of anilines is 2. The number of nitrogens with zero attached hydrogens (tertiary/aromatic N) is 3. The first kappa shape index (κ1) is 14.0. The Morgan fingerprint density at radius 1 is 1.29 bits per heavy atom. The first-order chi connectivity index (χ1) is 10.2. The number of benzene rings is 1. The van der Waals surface area contributed by atoms with Crippen LogP contribution in [-0.2, 0) is 25.9 Å². The molecule has 0 unspecified atom stereocenters. The van der Waals surface area contributed by atoms with E-state index in [0.29, 0.717) is 0 Å². The second-order valence-corrected chi connectivity index (χ2v) is 5.74. The highest BCUT2D eigenvalue weighted by Crippen LogP contribution is 2.27. The summed E-state index contributed by atoms with van der Waals surface area (Å²) in [5.74, 6) is 1.11. The molecule has 4 heteroatoms. The second-order valence-electron chi connectivity index (χ2n) is 5.74. The van der Waals surface area contributed by atoms with Crippen molar-refractivity contribution in [2.45, 2.75) is 46.2 Å². The average Bonchev–Trinajstić information content (AvgIpc) is 2.91. The topological polar surface area (TPSA) is 47.1 Å². The summed E-state index contributed by atoms with van der Waals surface area (Å²) in [6.07, 6.45) is 5.32. The SMILES string of the molecule is CCCn1cc(CC)nc1N1CCc2c(N)cccc2C1. The highest BCUT2D eigenvalue weighted by molar-refractivity contribution is 5.54. The fourth-order valence-corrected chi connectivity index (χ4v) is 3.10. The van der Waals surface area contributed by atoms with Crippen LogP contribution in [0.3, 0.4) is 0 Å². The van der Waals surface area contributed by atoms with E-state index in [1.807, 2.05) is 12.1 Å². The van der Waals surface area contributed by atoms with Gasteiger partial charge in [-0.1, -0.05) is 26.0 Å². The molecule has 0 aliphatic carbocycles. The minimum absolute atomic E-state index is 0.907. The van der Waals surface area contributed by atoms with Gasteiger partial charge in [-0.15, -0.1) is 0 Å². The molecule has 21 heavy (non-hydrogen) atoms. The molecule has 2 N–H and O–H groups in total. The molecule has 1 aliphatic rings. The van der Waals surface area contributed by atoms with E-state index in [-0.39, 0.29) is 0 Å². The standard InChI is InChI=1S/C17H24N4/c1-3-9-20-12-14(4-2)19-17(20)21-10-8-15-13(11-21)6-5-7-16(15)18/h5-7,12H,3-4,8-11,18H2,1-2H3. The Balaban J connectivity index is 1.90. The third-order valence-electron chi connectivity index (χ3n) is 4.22. The van der Waals surface area contributed by atoms with E-state index >= 15 is 0 Å². The minimum atomic E-state index is 0.907. The monoisotopic (exact) mass is 284 g/mol. The molecule has 0 atom stereocenters. The maximum absolute atomic E-state index is 6.09. The molecule has 2 aromatic rings. The lowest BCUT2D eigenvalue weighted by Crippen LogP contribution is -2.33. The Hall–Kier alpha value is -1.97. The van der Waals surface area contributed by atoms with Crippen LogP contribution in [0.25, 0.3) is 0 Å². The number of aromatic nitrogens is 2. The highest BCUT2D eigenvalue weighted by Gasteiger charge is 2.21.